The van der Waals surface area contributed by atoms with Crippen LogP contribution in [0.3, 0.4) is 0 Å². The first-order valence-electron chi connectivity index (χ1n) is 7.45. The minimum atomic E-state index is -0.231. The lowest BCUT2D eigenvalue weighted by Crippen LogP contribution is -2.33. The minimum Gasteiger partial charge on any atom is -0.491 e. The number of ether oxygens (including phenoxy) is 1. The number of nitrogens with one attached hydrogen (secondary N) is 2. The Labute approximate surface area is 131 Å². The molecule has 0 aliphatic rings. The van der Waals surface area contributed by atoms with Crippen molar-refractivity contribution < 1.29 is 14.3 Å². The van der Waals surface area contributed by atoms with E-state index in [9.17, 15) is 9.59 Å². The summed E-state index contributed by atoms with van der Waals surface area (Å²) in [7, 11) is 0. The number of rotatable bonds is 8. The Morgan fingerprint density at radius 1 is 1.23 bits per heavy atom. The van der Waals surface area contributed by atoms with E-state index >= 15 is 0 Å². The standard InChI is InChI=1S/C16H25N3O3/c1-11(2)6-9-22-15-5-4-13(10-14(15)17)16(21)19-8-7-18-12(3)20/h4-5,10-11H,6-9,17H2,1-3H3,(H,18,20)(H,19,21). The zero-order valence-electron chi connectivity index (χ0n) is 13.4. The van der Waals surface area contributed by atoms with E-state index in [2.05, 4.69) is 24.5 Å². The smallest absolute Gasteiger partial charge is 0.251 e. The number of benzene rings is 1. The molecule has 0 saturated heterocycles. The highest BCUT2D eigenvalue weighted by Crippen LogP contribution is 2.23. The van der Waals surface area contributed by atoms with Gasteiger partial charge in [-0.15, -0.1) is 0 Å². The zero-order valence-corrected chi connectivity index (χ0v) is 13.4. The van der Waals surface area contributed by atoms with Crippen LogP contribution in [0.4, 0.5) is 5.69 Å². The molecule has 6 heteroatoms. The summed E-state index contributed by atoms with van der Waals surface area (Å²) in [4.78, 5) is 22.7. The maximum Gasteiger partial charge on any atom is 0.251 e. The molecule has 2 amide bonds. The van der Waals surface area contributed by atoms with Crippen molar-refractivity contribution in [3.8, 4) is 5.75 Å². The fourth-order valence-electron chi connectivity index (χ4n) is 1.74. The molecule has 1 aromatic rings. The van der Waals surface area contributed by atoms with Crippen molar-refractivity contribution in [1.82, 2.24) is 10.6 Å². The molecule has 4 N–H and O–H groups in total. The van der Waals surface area contributed by atoms with E-state index in [-0.39, 0.29) is 11.8 Å². The van der Waals surface area contributed by atoms with Crippen molar-refractivity contribution in [2.75, 3.05) is 25.4 Å². The number of nitrogens with two attached hydrogens (primary N) is 1. The summed E-state index contributed by atoms with van der Waals surface area (Å²) in [5, 5.41) is 5.32. The number of hydrogen-bond acceptors (Lipinski definition) is 4. The number of carbonyl (C=O) groups excluding carboxylic acids is 2. The predicted molar refractivity (Wildman–Crippen MR) is 86.8 cm³/mol. The van der Waals surface area contributed by atoms with Crippen LogP contribution in [-0.4, -0.2) is 31.5 Å². The zero-order chi connectivity index (χ0) is 16.5. The molecule has 0 spiro atoms. The highest BCUT2D eigenvalue weighted by atomic mass is 16.5. The number of nitrogen functional groups attached to an aromatic ring is 1. The van der Waals surface area contributed by atoms with Gasteiger partial charge in [0.2, 0.25) is 5.91 Å². The molecule has 0 heterocycles. The van der Waals surface area contributed by atoms with Crippen molar-refractivity contribution in [3.05, 3.63) is 23.8 Å². The Morgan fingerprint density at radius 2 is 1.91 bits per heavy atom. The average molecular weight is 307 g/mol. The van der Waals surface area contributed by atoms with E-state index in [0.29, 0.717) is 42.6 Å². The second kappa shape index (κ2) is 8.92. The normalized spacial score (nSPS) is 10.4. The highest BCUT2D eigenvalue weighted by molar-refractivity contribution is 5.95. The first kappa shape index (κ1) is 17.8. The van der Waals surface area contributed by atoms with Gasteiger partial charge in [0.15, 0.2) is 0 Å². The summed E-state index contributed by atoms with van der Waals surface area (Å²) < 4.78 is 5.60. The van der Waals surface area contributed by atoms with Gasteiger partial charge < -0.3 is 21.1 Å². The summed E-state index contributed by atoms with van der Waals surface area (Å²) in [6, 6.07) is 4.98. The maximum absolute atomic E-state index is 11.9. The van der Waals surface area contributed by atoms with Crippen molar-refractivity contribution in [3.63, 3.8) is 0 Å². The topological polar surface area (TPSA) is 93.5 Å². The van der Waals surface area contributed by atoms with Crippen molar-refractivity contribution in [2.24, 2.45) is 5.92 Å². The number of anilines is 1. The number of hydrogen-bond donors (Lipinski definition) is 3. The van der Waals surface area contributed by atoms with E-state index in [1.807, 2.05) is 0 Å². The van der Waals surface area contributed by atoms with Gasteiger partial charge in [-0.05, 0) is 30.5 Å². The third kappa shape index (κ3) is 6.47. The fourth-order valence-corrected chi connectivity index (χ4v) is 1.74. The molecule has 0 saturated carbocycles. The van der Waals surface area contributed by atoms with Crippen LogP contribution in [0.25, 0.3) is 0 Å². The van der Waals surface area contributed by atoms with Crippen molar-refractivity contribution in [2.45, 2.75) is 27.2 Å². The molecule has 22 heavy (non-hydrogen) atoms. The van der Waals surface area contributed by atoms with Gasteiger partial charge in [0, 0.05) is 25.6 Å². The van der Waals surface area contributed by atoms with Crippen molar-refractivity contribution >= 4 is 17.5 Å². The van der Waals surface area contributed by atoms with Crippen LogP contribution in [0.5, 0.6) is 5.75 Å². The van der Waals surface area contributed by atoms with Crippen LogP contribution in [-0.2, 0) is 4.79 Å². The average Bonchev–Trinajstić information content (AvgIpc) is 2.44. The Bertz CT molecular complexity index is 515. The van der Waals surface area contributed by atoms with Crippen LogP contribution in [0, 0.1) is 5.92 Å². The lowest BCUT2D eigenvalue weighted by Gasteiger charge is -2.12. The molecule has 1 rings (SSSR count). The van der Waals surface area contributed by atoms with E-state index in [1.54, 1.807) is 18.2 Å². The lowest BCUT2D eigenvalue weighted by molar-refractivity contribution is -0.118. The molecule has 0 unspecified atom stereocenters. The number of amides is 2. The molecular weight excluding hydrogens is 282 g/mol. The molecule has 6 nitrogen and oxygen atoms in total. The maximum atomic E-state index is 11.9. The summed E-state index contributed by atoms with van der Waals surface area (Å²) in [6.07, 6.45) is 0.949. The van der Waals surface area contributed by atoms with Crippen LogP contribution in [0.15, 0.2) is 18.2 Å². The third-order valence-electron chi connectivity index (χ3n) is 3.01. The summed E-state index contributed by atoms with van der Waals surface area (Å²) in [6.45, 7) is 7.05. The molecule has 0 radical (unpaired) electrons. The summed E-state index contributed by atoms with van der Waals surface area (Å²) >= 11 is 0. The van der Waals surface area contributed by atoms with Gasteiger partial charge in [-0.1, -0.05) is 13.8 Å². The van der Waals surface area contributed by atoms with Gasteiger partial charge in [-0.2, -0.15) is 0 Å². The van der Waals surface area contributed by atoms with Gasteiger partial charge in [0.25, 0.3) is 5.91 Å². The number of carbonyl (C=O) groups is 2. The van der Waals surface area contributed by atoms with Gasteiger partial charge in [0.1, 0.15) is 5.75 Å². The van der Waals surface area contributed by atoms with Crippen molar-refractivity contribution in [1.29, 1.82) is 0 Å². The molecule has 0 atom stereocenters. The molecule has 0 fully saturated rings. The third-order valence-corrected chi connectivity index (χ3v) is 3.01. The van der Waals surface area contributed by atoms with E-state index < -0.39 is 0 Å². The largest absolute Gasteiger partial charge is 0.491 e. The second-order valence-corrected chi connectivity index (χ2v) is 5.52. The molecule has 0 aliphatic carbocycles. The Hall–Kier alpha value is -2.24. The van der Waals surface area contributed by atoms with Gasteiger partial charge in [0.05, 0.1) is 12.3 Å². The summed E-state index contributed by atoms with van der Waals surface area (Å²) in [5.41, 5.74) is 6.82. The molecular formula is C16H25N3O3. The predicted octanol–water partition coefficient (Wildman–Crippen LogP) is 1.56. The second-order valence-electron chi connectivity index (χ2n) is 5.52. The van der Waals surface area contributed by atoms with E-state index in [0.717, 1.165) is 6.42 Å². The Kier molecular flexibility index (Phi) is 7.22. The fraction of sp³-hybridized carbons (Fsp3) is 0.500. The first-order chi connectivity index (χ1) is 10.4. The molecule has 122 valence electrons. The van der Waals surface area contributed by atoms with Crippen LogP contribution >= 0.6 is 0 Å². The van der Waals surface area contributed by atoms with Gasteiger partial charge in [-0.3, -0.25) is 9.59 Å². The quantitative estimate of drug-likeness (QED) is 0.502. The lowest BCUT2D eigenvalue weighted by atomic mass is 10.1. The monoisotopic (exact) mass is 307 g/mol. The van der Waals surface area contributed by atoms with Crippen LogP contribution < -0.4 is 21.1 Å². The van der Waals surface area contributed by atoms with Crippen LogP contribution in [0.1, 0.15) is 37.6 Å². The molecule has 0 bridgehead atoms. The SMILES string of the molecule is CC(=O)NCCNC(=O)c1ccc(OCCC(C)C)c(N)c1. The van der Waals surface area contributed by atoms with Crippen LogP contribution in [0.2, 0.25) is 0 Å². The molecule has 0 aromatic heterocycles. The summed E-state index contributed by atoms with van der Waals surface area (Å²) in [5.74, 6) is 0.803. The highest BCUT2D eigenvalue weighted by Gasteiger charge is 2.09. The van der Waals surface area contributed by atoms with E-state index in [1.165, 1.54) is 6.92 Å². The minimum absolute atomic E-state index is 0.124. The molecule has 0 aliphatic heterocycles. The van der Waals surface area contributed by atoms with Gasteiger partial charge >= 0.3 is 0 Å². The Balaban J connectivity index is 2.49. The first-order valence-corrected chi connectivity index (χ1v) is 7.45. The Morgan fingerprint density at radius 3 is 2.50 bits per heavy atom. The molecule has 1 aromatic carbocycles. The van der Waals surface area contributed by atoms with Gasteiger partial charge in [-0.25, -0.2) is 0 Å². The van der Waals surface area contributed by atoms with E-state index in [4.69, 9.17) is 10.5 Å².